The zero-order valence-electron chi connectivity index (χ0n) is 6.55. The Kier molecular flexibility index (Phi) is 1.82. The van der Waals surface area contributed by atoms with E-state index in [2.05, 4.69) is 0 Å². The fourth-order valence-electron chi connectivity index (χ4n) is 0.960. The van der Waals surface area contributed by atoms with Crippen LogP contribution in [-0.4, -0.2) is 16.5 Å². The lowest BCUT2D eigenvalue weighted by molar-refractivity contribution is -0.137. The van der Waals surface area contributed by atoms with Crippen LogP contribution in [-0.2, 0) is 4.79 Å². The van der Waals surface area contributed by atoms with Crippen LogP contribution in [0.15, 0.2) is 0 Å². The molecule has 2 nitrogen and oxygen atoms in total. The summed E-state index contributed by atoms with van der Waals surface area (Å²) in [7, 11) is 0. The molecule has 1 aliphatic rings. The summed E-state index contributed by atoms with van der Waals surface area (Å²) in [5.41, 5.74) is -1.05. The first-order valence-electron chi connectivity index (χ1n) is 3.84. The van der Waals surface area contributed by atoms with E-state index in [1.165, 1.54) is 0 Å². The summed E-state index contributed by atoms with van der Waals surface area (Å²) in [6.45, 7) is 3.44. The third-order valence-corrected chi connectivity index (χ3v) is 2.17. The van der Waals surface area contributed by atoms with E-state index in [0.717, 1.165) is 12.8 Å². The van der Waals surface area contributed by atoms with Gasteiger partial charge in [-0.05, 0) is 26.2 Å². The molecule has 1 rings (SSSR count). The molecule has 2 heteroatoms. The number of hydrogen-bond donors (Lipinski definition) is 1. The molecule has 10 heavy (non-hydrogen) atoms. The SMILES string of the molecule is CCC(C)(O)C(=O)C1CC1. The third-order valence-electron chi connectivity index (χ3n) is 2.17. The number of carbonyl (C=O) groups excluding carboxylic acids is 1. The second-order valence-electron chi connectivity index (χ2n) is 3.27. The maximum Gasteiger partial charge on any atom is 0.167 e. The van der Waals surface area contributed by atoms with Gasteiger partial charge >= 0.3 is 0 Å². The minimum Gasteiger partial charge on any atom is -0.382 e. The van der Waals surface area contributed by atoms with Gasteiger partial charge in [0.15, 0.2) is 5.78 Å². The fraction of sp³-hybridized carbons (Fsp3) is 0.875. The minimum atomic E-state index is -1.05. The first-order valence-corrected chi connectivity index (χ1v) is 3.84. The van der Waals surface area contributed by atoms with E-state index < -0.39 is 5.60 Å². The predicted octanol–water partition coefficient (Wildman–Crippen LogP) is 1.13. The van der Waals surface area contributed by atoms with Gasteiger partial charge in [-0.15, -0.1) is 0 Å². The molecule has 1 unspecified atom stereocenters. The zero-order valence-corrected chi connectivity index (χ0v) is 6.55. The molecule has 1 saturated carbocycles. The van der Waals surface area contributed by atoms with Crippen LogP contribution >= 0.6 is 0 Å². The van der Waals surface area contributed by atoms with Gasteiger partial charge in [0.2, 0.25) is 0 Å². The lowest BCUT2D eigenvalue weighted by Crippen LogP contribution is -2.35. The molecule has 1 aliphatic carbocycles. The molecule has 0 radical (unpaired) electrons. The Bertz CT molecular complexity index is 145. The van der Waals surface area contributed by atoms with Crippen LogP contribution in [0.3, 0.4) is 0 Å². The van der Waals surface area contributed by atoms with Crippen molar-refractivity contribution in [3.63, 3.8) is 0 Å². The van der Waals surface area contributed by atoms with Gasteiger partial charge in [0.05, 0.1) is 0 Å². The van der Waals surface area contributed by atoms with Crippen molar-refractivity contribution in [2.45, 2.75) is 38.7 Å². The van der Waals surface area contributed by atoms with E-state index in [1.54, 1.807) is 6.92 Å². The lowest BCUT2D eigenvalue weighted by atomic mass is 9.95. The Balaban J connectivity index is 2.52. The molecule has 0 aliphatic heterocycles. The van der Waals surface area contributed by atoms with Gasteiger partial charge in [0.1, 0.15) is 5.60 Å². The molecule has 0 spiro atoms. The summed E-state index contributed by atoms with van der Waals surface area (Å²) < 4.78 is 0. The minimum absolute atomic E-state index is 0.0370. The number of Topliss-reactive ketones (excluding diaryl/α,β-unsaturated/α-hetero) is 1. The van der Waals surface area contributed by atoms with E-state index in [-0.39, 0.29) is 11.7 Å². The van der Waals surface area contributed by atoms with Crippen LogP contribution in [0, 0.1) is 5.92 Å². The van der Waals surface area contributed by atoms with Gasteiger partial charge in [0, 0.05) is 5.92 Å². The van der Waals surface area contributed by atoms with Crippen LogP contribution in [0.5, 0.6) is 0 Å². The van der Waals surface area contributed by atoms with Crippen LogP contribution < -0.4 is 0 Å². The zero-order chi connectivity index (χ0) is 7.78. The highest BCUT2D eigenvalue weighted by Gasteiger charge is 2.39. The van der Waals surface area contributed by atoms with Crippen molar-refractivity contribution >= 4 is 5.78 Å². The molecule has 0 heterocycles. The molecule has 1 fully saturated rings. The standard InChI is InChI=1S/C8H14O2/c1-3-8(2,10)7(9)6-4-5-6/h6,10H,3-5H2,1-2H3. The van der Waals surface area contributed by atoms with Crippen molar-refractivity contribution in [3.8, 4) is 0 Å². The van der Waals surface area contributed by atoms with E-state index in [0.29, 0.717) is 6.42 Å². The topological polar surface area (TPSA) is 37.3 Å². The fourth-order valence-corrected chi connectivity index (χ4v) is 0.960. The molecule has 0 bridgehead atoms. The number of ketones is 1. The number of hydrogen-bond acceptors (Lipinski definition) is 2. The smallest absolute Gasteiger partial charge is 0.167 e. The van der Waals surface area contributed by atoms with Crippen LogP contribution in [0.1, 0.15) is 33.1 Å². The van der Waals surface area contributed by atoms with E-state index >= 15 is 0 Å². The summed E-state index contributed by atoms with van der Waals surface area (Å²) in [5, 5.41) is 9.45. The summed E-state index contributed by atoms with van der Waals surface area (Å²) >= 11 is 0. The molecule has 58 valence electrons. The number of rotatable bonds is 3. The Morgan fingerprint density at radius 2 is 2.20 bits per heavy atom. The first-order chi connectivity index (χ1) is 4.58. The molecule has 1 atom stereocenters. The Labute approximate surface area is 61.2 Å². The van der Waals surface area contributed by atoms with Gasteiger partial charge in [-0.1, -0.05) is 6.92 Å². The molecule has 0 saturated heterocycles. The van der Waals surface area contributed by atoms with E-state index in [1.807, 2.05) is 6.92 Å². The molecule has 0 aromatic rings. The van der Waals surface area contributed by atoms with E-state index in [4.69, 9.17) is 0 Å². The average molecular weight is 142 g/mol. The van der Waals surface area contributed by atoms with Crippen molar-refractivity contribution in [2.75, 3.05) is 0 Å². The highest BCUT2D eigenvalue weighted by Crippen LogP contribution is 2.34. The van der Waals surface area contributed by atoms with Crippen molar-refractivity contribution in [3.05, 3.63) is 0 Å². The van der Waals surface area contributed by atoms with Gasteiger partial charge in [-0.3, -0.25) is 4.79 Å². The summed E-state index contributed by atoms with van der Waals surface area (Å²) in [6.07, 6.45) is 2.49. The second-order valence-corrected chi connectivity index (χ2v) is 3.27. The van der Waals surface area contributed by atoms with Gasteiger partial charge in [-0.2, -0.15) is 0 Å². The maximum atomic E-state index is 11.2. The summed E-state index contributed by atoms with van der Waals surface area (Å²) in [5.74, 6) is 0.213. The number of aliphatic hydroxyl groups is 1. The predicted molar refractivity (Wildman–Crippen MR) is 38.6 cm³/mol. The monoisotopic (exact) mass is 142 g/mol. The van der Waals surface area contributed by atoms with Crippen molar-refractivity contribution in [1.82, 2.24) is 0 Å². The van der Waals surface area contributed by atoms with Gasteiger partial charge in [0.25, 0.3) is 0 Å². The first kappa shape index (κ1) is 7.73. The highest BCUT2D eigenvalue weighted by molar-refractivity contribution is 5.90. The van der Waals surface area contributed by atoms with Gasteiger partial charge in [-0.25, -0.2) is 0 Å². The largest absolute Gasteiger partial charge is 0.382 e. The maximum absolute atomic E-state index is 11.2. The van der Waals surface area contributed by atoms with Crippen LogP contribution in [0.25, 0.3) is 0 Å². The Morgan fingerprint density at radius 3 is 2.50 bits per heavy atom. The molecular weight excluding hydrogens is 128 g/mol. The summed E-state index contributed by atoms with van der Waals surface area (Å²) in [4.78, 5) is 11.2. The molecule has 0 amide bonds. The normalized spacial score (nSPS) is 23.9. The molecule has 0 aromatic carbocycles. The second kappa shape index (κ2) is 2.35. The Hall–Kier alpha value is -0.370. The van der Waals surface area contributed by atoms with Crippen molar-refractivity contribution < 1.29 is 9.90 Å². The van der Waals surface area contributed by atoms with Crippen LogP contribution in [0.4, 0.5) is 0 Å². The lowest BCUT2D eigenvalue weighted by Gasteiger charge is -2.18. The highest BCUT2D eigenvalue weighted by atomic mass is 16.3. The quantitative estimate of drug-likeness (QED) is 0.641. The third kappa shape index (κ3) is 1.37. The average Bonchev–Trinajstić information content (AvgIpc) is 2.68. The van der Waals surface area contributed by atoms with E-state index in [9.17, 15) is 9.90 Å². The molecule has 1 N–H and O–H groups in total. The van der Waals surface area contributed by atoms with Crippen molar-refractivity contribution in [2.24, 2.45) is 5.92 Å². The Morgan fingerprint density at radius 1 is 1.70 bits per heavy atom. The van der Waals surface area contributed by atoms with Gasteiger partial charge < -0.3 is 5.11 Å². The van der Waals surface area contributed by atoms with Crippen molar-refractivity contribution in [1.29, 1.82) is 0 Å². The molecule has 0 aromatic heterocycles. The number of carbonyl (C=O) groups is 1. The molecular formula is C8H14O2. The van der Waals surface area contributed by atoms with Crippen LogP contribution in [0.2, 0.25) is 0 Å². The summed E-state index contributed by atoms with van der Waals surface area (Å²) in [6, 6.07) is 0.